The summed E-state index contributed by atoms with van der Waals surface area (Å²) in [6.45, 7) is 6.56. The van der Waals surface area contributed by atoms with Crippen LogP contribution in [0.15, 0.2) is 0 Å². The highest BCUT2D eigenvalue weighted by atomic mass is 15.4. The summed E-state index contributed by atoms with van der Waals surface area (Å²) in [4.78, 5) is 0. The van der Waals surface area contributed by atoms with Gasteiger partial charge in [0.25, 0.3) is 0 Å². The van der Waals surface area contributed by atoms with Crippen molar-refractivity contribution in [3.05, 3.63) is 0 Å². The van der Waals surface area contributed by atoms with Crippen molar-refractivity contribution in [1.82, 2.24) is 0 Å². The van der Waals surface area contributed by atoms with E-state index in [0.29, 0.717) is 0 Å². The highest BCUT2D eigenvalue weighted by Gasteiger charge is 2.35. The number of nitrogens with zero attached hydrogens (tertiary/aromatic N) is 2. The SMILES string of the molecule is C[N+]12CC=[N+](CC1)CC2. The molecule has 2 nitrogen and oxygen atoms in total. The number of likely N-dealkylation sites (N-methyl/N-ethyl adjacent to an activating group) is 1. The molecule has 2 heteroatoms. The summed E-state index contributed by atoms with van der Waals surface area (Å²) in [6.07, 6.45) is 2.35. The third-order valence-corrected chi connectivity index (χ3v) is 2.63. The van der Waals surface area contributed by atoms with Crippen LogP contribution in [0.5, 0.6) is 0 Å². The van der Waals surface area contributed by atoms with Gasteiger partial charge in [0.05, 0.1) is 7.05 Å². The van der Waals surface area contributed by atoms with E-state index >= 15 is 0 Å². The van der Waals surface area contributed by atoms with Gasteiger partial charge in [-0.2, -0.15) is 0 Å². The van der Waals surface area contributed by atoms with Crippen LogP contribution in [-0.2, 0) is 0 Å². The van der Waals surface area contributed by atoms with Gasteiger partial charge in [0.2, 0.25) is 0 Å². The lowest BCUT2D eigenvalue weighted by atomic mass is 10.2. The Morgan fingerprint density at radius 1 is 1.33 bits per heavy atom. The number of rotatable bonds is 0. The van der Waals surface area contributed by atoms with Crippen molar-refractivity contribution < 1.29 is 9.06 Å². The molecular formula is C7H14N2+2. The minimum absolute atomic E-state index is 1.26. The van der Waals surface area contributed by atoms with Gasteiger partial charge in [-0.3, -0.25) is 0 Å². The van der Waals surface area contributed by atoms with Crippen molar-refractivity contribution in [2.45, 2.75) is 0 Å². The number of fused-ring (bicyclic) bond motifs is 3. The Hall–Kier alpha value is -0.370. The summed E-state index contributed by atoms with van der Waals surface area (Å²) in [6, 6.07) is 0. The molecule has 0 atom stereocenters. The van der Waals surface area contributed by atoms with E-state index in [-0.39, 0.29) is 0 Å². The van der Waals surface area contributed by atoms with Gasteiger partial charge in [-0.25, -0.2) is 4.58 Å². The van der Waals surface area contributed by atoms with Gasteiger partial charge < -0.3 is 4.48 Å². The molecule has 0 aromatic rings. The monoisotopic (exact) mass is 126 g/mol. The van der Waals surface area contributed by atoms with Crippen molar-refractivity contribution in [2.24, 2.45) is 0 Å². The van der Waals surface area contributed by atoms with Gasteiger partial charge >= 0.3 is 0 Å². The molecule has 1 saturated heterocycles. The number of hydrogen-bond acceptors (Lipinski definition) is 0. The number of piperazine rings is 1. The van der Waals surface area contributed by atoms with Crippen molar-refractivity contribution in [2.75, 3.05) is 39.8 Å². The topological polar surface area (TPSA) is 3.01 Å². The van der Waals surface area contributed by atoms with Crippen LogP contribution in [0.1, 0.15) is 0 Å². The molecule has 0 radical (unpaired) electrons. The second-order valence-electron chi connectivity index (χ2n) is 3.47. The van der Waals surface area contributed by atoms with Crippen LogP contribution < -0.4 is 0 Å². The van der Waals surface area contributed by atoms with Gasteiger partial charge in [0, 0.05) is 0 Å². The lowest BCUT2D eigenvalue weighted by Crippen LogP contribution is -2.60. The third-order valence-electron chi connectivity index (χ3n) is 2.63. The van der Waals surface area contributed by atoms with Crippen LogP contribution in [0.2, 0.25) is 0 Å². The highest BCUT2D eigenvalue weighted by molar-refractivity contribution is 5.53. The highest BCUT2D eigenvalue weighted by Crippen LogP contribution is 2.09. The summed E-state index contributed by atoms with van der Waals surface area (Å²) < 4.78 is 3.74. The van der Waals surface area contributed by atoms with E-state index in [4.69, 9.17) is 0 Å². The smallest absolute Gasteiger partial charge is 0.195 e. The van der Waals surface area contributed by atoms with Crippen LogP contribution in [-0.4, -0.2) is 55.0 Å². The molecule has 0 saturated carbocycles. The molecule has 0 amide bonds. The fourth-order valence-corrected chi connectivity index (χ4v) is 1.64. The Labute approximate surface area is 56.0 Å². The zero-order chi connectivity index (χ0) is 6.32. The van der Waals surface area contributed by atoms with Gasteiger partial charge in [0.1, 0.15) is 13.1 Å². The van der Waals surface area contributed by atoms with Crippen LogP contribution >= 0.6 is 0 Å². The maximum atomic E-state index is 2.45. The Morgan fingerprint density at radius 3 is 2.22 bits per heavy atom. The summed E-state index contributed by atoms with van der Waals surface area (Å²) in [5.41, 5.74) is 0. The molecule has 0 aromatic carbocycles. The van der Waals surface area contributed by atoms with Crippen LogP contribution in [0.25, 0.3) is 0 Å². The van der Waals surface area contributed by atoms with Gasteiger partial charge in [0.15, 0.2) is 25.8 Å². The lowest BCUT2D eigenvalue weighted by molar-refractivity contribution is -0.944. The Morgan fingerprint density at radius 2 is 2.00 bits per heavy atom. The minimum Gasteiger partial charge on any atom is -0.307 e. The van der Waals surface area contributed by atoms with Gasteiger partial charge in [-0.1, -0.05) is 0 Å². The second-order valence-corrected chi connectivity index (χ2v) is 3.47. The predicted molar refractivity (Wildman–Crippen MR) is 36.8 cm³/mol. The number of quaternary nitrogens is 1. The molecule has 2 bridgehead atoms. The molecule has 50 valence electrons. The molecule has 3 heterocycles. The quantitative estimate of drug-likeness (QED) is 0.305. The largest absolute Gasteiger partial charge is 0.307 e. The van der Waals surface area contributed by atoms with E-state index in [0.717, 1.165) is 0 Å². The zero-order valence-electron chi connectivity index (χ0n) is 6.01. The van der Waals surface area contributed by atoms with Crippen LogP contribution in [0.3, 0.4) is 0 Å². The van der Waals surface area contributed by atoms with Crippen molar-refractivity contribution >= 4 is 6.21 Å². The summed E-state index contributed by atoms with van der Waals surface area (Å²) in [5.74, 6) is 0. The summed E-state index contributed by atoms with van der Waals surface area (Å²) in [7, 11) is 2.35. The molecule has 0 unspecified atom stereocenters. The van der Waals surface area contributed by atoms with Gasteiger partial charge in [-0.15, -0.1) is 0 Å². The molecule has 0 aliphatic carbocycles. The second kappa shape index (κ2) is 1.57. The maximum absolute atomic E-state index is 2.45. The Balaban J connectivity index is 2.27. The first kappa shape index (κ1) is 5.42. The first-order valence-corrected chi connectivity index (χ1v) is 3.69. The van der Waals surface area contributed by atoms with Crippen molar-refractivity contribution in [3.63, 3.8) is 0 Å². The molecular weight excluding hydrogens is 112 g/mol. The Bertz CT molecular complexity index is 150. The van der Waals surface area contributed by atoms with Crippen molar-refractivity contribution in [1.29, 1.82) is 0 Å². The van der Waals surface area contributed by atoms with E-state index in [1.807, 2.05) is 0 Å². The fraction of sp³-hybridized carbons (Fsp3) is 0.857. The standard InChI is InChI=1S/C7H14N2/c1-9-5-2-8(3-6-9)4-7-9/h2H,3-7H2,1H3/q+2. The first-order valence-electron chi connectivity index (χ1n) is 3.69. The molecule has 0 N–H and O–H groups in total. The van der Waals surface area contributed by atoms with Crippen LogP contribution in [0, 0.1) is 0 Å². The van der Waals surface area contributed by atoms with Gasteiger partial charge in [-0.05, 0) is 0 Å². The van der Waals surface area contributed by atoms with E-state index in [9.17, 15) is 0 Å². The lowest BCUT2D eigenvalue weighted by Gasteiger charge is -2.37. The van der Waals surface area contributed by atoms with E-state index in [1.54, 1.807) is 0 Å². The number of hydrogen-bond donors (Lipinski definition) is 0. The van der Waals surface area contributed by atoms with Crippen molar-refractivity contribution in [3.8, 4) is 0 Å². The molecule has 1 fully saturated rings. The average molecular weight is 126 g/mol. The normalized spacial score (nSPS) is 30.1. The average Bonchev–Trinajstić information content (AvgIpc) is 1.90. The van der Waals surface area contributed by atoms with E-state index in [1.165, 1.54) is 37.2 Å². The van der Waals surface area contributed by atoms with E-state index < -0.39 is 0 Å². The minimum atomic E-state index is 1.26. The maximum Gasteiger partial charge on any atom is 0.195 e. The first-order chi connectivity index (χ1) is 4.29. The summed E-state index contributed by atoms with van der Waals surface area (Å²) in [5, 5.41) is 0. The Kier molecular flexibility index (Phi) is 0.943. The van der Waals surface area contributed by atoms with Crippen LogP contribution in [0.4, 0.5) is 0 Å². The zero-order valence-corrected chi connectivity index (χ0v) is 6.01. The molecule has 3 aliphatic heterocycles. The third kappa shape index (κ3) is 0.778. The molecule has 0 aromatic heterocycles. The molecule has 3 rings (SSSR count). The van der Waals surface area contributed by atoms with E-state index in [2.05, 4.69) is 17.8 Å². The fourth-order valence-electron chi connectivity index (χ4n) is 1.64. The molecule has 0 spiro atoms. The molecule has 3 aliphatic rings. The predicted octanol–water partition coefficient (Wildman–Crippen LogP) is -0.457. The summed E-state index contributed by atoms with van der Waals surface area (Å²) >= 11 is 0. The molecule has 9 heavy (non-hydrogen) atoms.